The lowest BCUT2D eigenvalue weighted by Gasteiger charge is -2.12. The Morgan fingerprint density at radius 1 is 0.833 bits per heavy atom. The van der Waals surface area contributed by atoms with Crippen LogP contribution >= 0.6 is 0 Å². The molecule has 4 aromatic rings. The summed E-state index contributed by atoms with van der Waals surface area (Å²) >= 11 is 0. The first-order valence-electron chi connectivity index (χ1n) is 6.01. The molecule has 1 heteroatoms. The van der Waals surface area contributed by atoms with E-state index in [9.17, 15) is 0 Å². The van der Waals surface area contributed by atoms with Crippen molar-refractivity contribution >= 4 is 32.3 Å². The van der Waals surface area contributed by atoms with E-state index in [-0.39, 0.29) is 0 Å². The molecule has 0 amide bonds. The maximum absolute atomic E-state index is 5.46. The van der Waals surface area contributed by atoms with Crippen molar-refractivity contribution in [1.82, 2.24) is 0 Å². The van der Waals surface area contributed by atoms with E-state index in [4.69, 9.17) is 4.74 Å². The van der Waals surface area contributed by atoms with E-state index >= 15 is 0 Å². The van der Waals surface area contributed by atoms with Crippen molar-refractivity contribution in [2.45, 2.75) is 0 Å². The Morgan fingerprint density at radius 2 is 1.61 bits per heavy atom. The quantitative estimate of drug-likeness (QED) is 0.441. The second-order valence-electron chi connectivity index (χ2n) is 4.53. The molecular weight excluding hydrogens is 220 g/mol. The van der Waals surface area contributed by atoms with Crippen LogP contribution in [0.15, 0.2) is 48.5 Å². The molecular formula is C17H11O. The summed E-state index contributed by atoms with van der Waals surface area (Å²) < 4.78 is 5.46. The van der Waals surface area contributed by atoms with Crippen molar-refractivity contribution < 1.29 is 4.74 Å². The van der Waals surface area contributed by atoms with E-state index in [1.807, 2.05) is 12.1 Å². The average Bonchev–Trinajstić information content (AvgIpc) is 2.44. The highest BCUT2D eigenvalue weighted by Crippen LogP contribution is 2.38. The predicted octanol–water partition coefficient (Wildman–Crippen LogP) is 4.39. The van der Waals surface area contributed by atoms with Gasteiger partial charge in [0.05, 0.1) is 7.11 Å². The zero-order valence-corrected chi connectivity index (χ0v) is 10.0. The number of benzene rings is 4. The van der Waals surface area contributed by atoms with Crippen molar-refractivity contribution in [3.8, 4) is 5.75 Å². The van der Waals surface area contributed by atoms with Crippen molar-refractivity contribution in [2.24, 2.45) is 0 Å². The number of hydrogen-bond donors (Lipinski definition) is 0. The minimum atomic E-state index is 0.931. The number of methoxy groups -OCH3 is 1. The first-order chi connectivity index (χ1) is 8.88. The molecule has 0 spiro atoms. The maximum atomic E-state index is 5.46. The minimum absolute atomic E-state index is 0.931. The first kappa shape index (κ1) is 9.72. The van der Waals surface area contributed by atoms with Gasteiger partial charge in [-0.2, -0.15) is 0 Å². The van der Waals surface area contributed by atoms with Gasteiger partial charge in [0.1, 0.15) is 5.75 Å². The lowest BCUT2D eigenvalue weighted by Crippen LogP contribution is -1.88. The highest BCUT2D eigenvalue weighted by Gasteiger charge is 2.10. The topological polar surface area (TPSA) is 9.23 Å². The molecule has 0 aromatic heterocycles. The van der Waals surface area contributed by atoms with Crippen molar-refractivity contribution in [3.63, 3.8) is 0 Å². The lowest BCUT2D eigenvalue weighted by molar-refractivity contribution is 0.420. The first-order valence-corrected chi connectivity index (χ1v) is 6.01. The zero-order valence-electron chi connectivity index (χ0n) is 10.0. The van der Waals surface area contributed by atoms with E-state index in [0.29, 0.717) is 0 Å². The molecule has 1 radical (unpaired) electrons. The molecule has 0 atom stereocenters. The monoisotopic (exact) mass is 231 g/mol. The van der Waals surface area contributed by atoms with Crippen LogP contribution in [0.25, 0.3) is 32.3 Å². The third-order valence-electron chi connectivity index (χ3n) is 3.63. The van der Waals surface area contributed by atoms with E-state index in [2.05, 4.69) is 42.5 Å². The Hall–Kier alpha value is -2.28. The number of rotatable bonds is 1. The Kier molecular flexibility index (Phi) is 1.81. The van der Waals surface area contributed by atoms with Crippen LogP contribution < -0.4 is 4.74 Å². The van der Waals surface area contributed by atoms with Gasteiger partial charge in [-0.25, -0.2) is 0 Å². The third-order valence-corrected chi connectivity index (χ3v) is 3.63. The van der Waals surface area contributed by atoms with Gasteiger partial charge in [-0.1, -0.05) is 36.4 Å². The maximum Gasteiger partial charge on any atom is 0.126 e. The van der Waals surface area contributed by atoms with Crippen molar-refractivity contribution in [1.29, 1.82) is 0 Å². The molecule has 0 N–H and O–H groups in total. The van der Waals surface area contributed by atoms with Crippen LogP contribution in [0.1, 0.15) is 0 Å². The summed E-state index contributed by atoms with van der Waals surface area (Å²) in [6.45, 7) is 0. The van der Waals surface area contributed by atoms with Crippen LogP contribution in [-0.2, 0) is 0 Å². The van der Waals surface area contributed by atoms with Crippen LogP contribution in [0.3, 0.4) is 0 Å². The molecule has 0 aliphatic rings. The van der Waals surface area contributed by atoms with Crippen molar-refractivity contribution in [3.05, 3.63) is 54.6 Å². The van der Waals surface area contributed by atoms with Gasteiger partial charge >= 0.3 is 0 Å². The minimum Gasteiger partial charge on any atom is -0.496 e. The molecule has 18 heavy (non-hydrogen) atoms. The molecule has 4 aromatic carbocycles. The summed E-state index contributed by atoms with van der Waals surface area (Å²) in [5.41, 5.74) is 0. The Bertz CT molecular complexity index is 845. The molecule has 0 saturated heterocycles. The fourth-order valence-electron chi connectivity index (χ4n) is 2.81. The molecule has 0 fully saturated rings. The molecule has 0 unspecified atom stereocenters. The zero-order chi connectivity index (χ0) is 12.1. The fraction of sp³-hybridized carbons (Fsp3) is 0.0588. The Morgan fingerprint density at radius 3 is 2.50 bits per heavy atom. The lowest BCUT2D eigenvalue weighted by atomic mass is 9.94. The Balaban J connectivity index is 2.40. The number of hydrogen-bond acceptors (Lipinski definition) is 1. The highest BCUT2D eigenvalue weighted by atomic mass is 16.5. The van der Waals surface area contributed by atoms with E-state index < -0.39 is 0 Å². The van der Waals surface area contributed by atoms with Crippen LogP contribution in [0.4, 0.5) is 0 Å². The predicted molar refractivity (Wildman–Crippen MR) is 75.5 cm³/mol. The van der Waals surface area contributed by atoms with Gasteiger partial charge in [0.15, 0.2) is 0 Å². The van der Waals surface area contributed by atoms with Crippen molar-refractivity contribution in [2.75, 3.05) is 7.11 Å². The average molecular weight is 231 g/mol. The van der Waals surface area contributed by atoms with Gasteiger partial charge < -0.3 is 4.74 Å². The van der Waals surface area contributed by atoms with Gasteiger partial charge in [0, 0.05) is 10.8 Å². The Labute approximate surface area is 105 Å². The van der Waals surface area contributed by atoms with Crippen LogP contribution in [0.2, 0.25) is 0 Å². The summed E-state index contributed by atoms with van der Waals surface area (Å²) in [4.78, 5) is 0. The second kappa shape index (κ2) is 3.36. The largest absolute Gasteiger partial charge is 0.496 e. The molecule has 0 saturated carbocycles. The third kappa shape index (κ3) is 1.11. The standard InChI is InChI=1S/C17H11O/c1-18-15-10-8-13-6-5-11-3-2-4-12-7-9-14(15)17(13)16(11)12/h2,4-10H,1H3. The highest BCUT2D eigenvalue weighted by molar-refractivity contribution is 6.23. The molecule has 0 aliphatic carbocycles. The van der Waals surface area contributed by atoms with E-state index in [0.717, 1.165) is 5.75 Å². The van der Waals surface area contributed by atoms with Gasteiger partial charge in [-0.15, -0.1) is 0 Å². The molecule has 4 rings (SSSR count). The van der Waals surface area contributed by atoms with Crippen LogP contribution in [0, 0.1) is 6.07 Å². The summed E-state index contributed by atoms with van der Waals surface area (Å²) in [7, 11) is 1.72. The normalized spacial score (nSPS) is 11.6. The van der Waals surface area contributed by atoms with Crippen LogP contribution in [0.5, 0.6) is 5.75 Å². The molecule has 0 heterocycles. The van der Waals surface area contributed by atoms with Crippen LogP contribution in [-0.4, -0.2) is 7.11 Å². The van der Waals surface area contributed by atoms with E-state index in [1.165, 1.54) is 32.3 Å². The van der Waals surface area contributed by atoms with Gasteiger partial charge in [-0.3, -0.25) is 0 Å². The van der Waals surface area contributed by atoms with E-state index in [1.54, 1.807) is 7.11 Å². The summed E-state index contributed by atoms with van der Waals surface area (Å²) in [6, 6.07) is 20.1. The summed E-state index contributed by atoms with van der Waals surface area (Å²) in [5.74, 6) is 0.931. The molecule has 0 aliphatic heterocycles. The van der Waals surface area contributed by atoms with Gasteiger partial charge in [0.25, 0.3) is 0 Å². The number of ether oxygens (including phenoxy) is 1. The summed E-state index contributed by atoms with van der Waals surface area (Å²) in [6.07, 6.45) is 0. The smallest absolute Gasteiger partial charge is 0.126 e. The SMILES string of the molecule is COc1ccc2ccc3[c]ccc4ccc1c2c34. The molecule has 0 bridgehead atoms. The summed E-state index contributed by atoms with van der Waals surface area (Å²) in [5, 5.41) is 7.41. The fourth-order valence-corrected chi connectivity index (χ4v) is 2.81. The second-order valence-corrected chi connectivity index (χ2v) is 4.53. The van der Waals surface area contributed by atoms with Gasteiger partial charge in [-0.05, 0) is 39.7 Å². The molecule has 85 valence electrons. The van der Waals surface area contributed by atoms with Gasteiger partial charge in [0.2, 0.25) is 0 Å². The molecule has 1 nitrogen and oxygen atoms in total.